The van der Waals surface area contributed by atoms with Crippen LogP contribution in [0.25, 0.3) is 21.8 Å². The third-order valence-corrected chi connectivity index (χ3v) is 8.49. The zero-order chi connectivity index (χ0) is 29.9. The van der Waals surface area contributed by atoms with Gasteiger partial charge in [-0.05, 0) is 78.9 Å². The Hall–Kier alpha value is -5.38. The van der Waals surface area contributed by atoms with E-state index in [1.807, 2.05) is 85.2 Å². The molecule has 1 aliphatic rings. The summed E-state index contributed by atoms with van der Waals surface area (Å²) >= 11 is 0. The molecule has 2 aromatic carbocycles. The number of amides is 2. The number of fused-ring (bicyclic) bond motifs is 2. The number of nitrogens with zero attached hydrogens (tertiary/aromatic N) is 4. The van der Waals surface area contributed by atoms with Crippen molar-refractivity contribution in [1.82, 2.24) is 30.4 Å². The van der Waals surface area contributed by atoms with Gasteiger partial charge in [0.15, 0.2) is 11.6 Å². The van der Waals surface area contributed by atoms with Crippen molar-refractivity contribution in [1.29, 1.82) is 0 Å². The Bertz CT molecular complexity index is 1790. The van der Waals surface area contributed by atoms with Crippen LogP contribution in [0.3, 0.4) is 0 Å². The summed E-state index contributed by atoms with van der Waals surface area (Å²) < 4.78 is 0. The van der Waals surface area contributed by atoms with Gasteiger partial charge in [-0.15, -0.1) is 10.2 Å². The first-order valence-corrected chi connectivity index (χ1v) is 15.0. The van der Waals surface area contributed by atoms with E-state index in [9.17, 15) is 9.59 Å². The van der Waals surface area contributed by atoms with Crippen LogP contribution in [0.15, 0.2) is 85.2 Å². The van der Waals surface area contributed by atoms with Gasteiger partial charge in [-0.3, -0.25) is 9.59 Å². The molecule has 220 valence electrons. The maximum absolute atomic E-state index is 12.7. The Balaban J connectivity index is 0.937. The second-order valence-corrected chi connectivity index (χ2v) is 11.4. The first-order valence-electron chi connectivity index (χ1n) is 15.0. The molecule has 4 N–H and O–H groups in total. The van der Waals surface area contributed by atoms with Gasteiger partial charge < -0.3 is 20.6 Å². The molecule has 10 heteroatoms. The SMILES string of the molecule is O=C(Cc1cccc2[nH]ccc12)Nc1ccc([C@@H]2CCC[C@@H](c3ccc(NC(=O)Cc4cccc5[nH]ccc45)nn3)C2)nn1. The fraction of sp³-hybridized carbons (Fsp3) is 0.235. The summed E-state index contributed by atoms with van der Waals surface area (Å²) in [6.07, 6.45) is 8.25. The zero-order valence-corrected chi connectivity index (χ0v) is 24.1. The number of carbonyl (C=O) groups excluding carboxylic acids is 2. The van der Waals surface area contributed by atoms with Crippen molar-refractivity contribution in [2.45, 2.75) is 50.4 Å². The molecule has 0 aliphatic heterocycles. The van der Waals surface area contributed by atoms with Crippen LogP contribution in [-0.2, 0) is 22.4 Å². The molecule has 2 atom stereocenters. The zero-order valence-electron chi connectivity index (χ0n) is 24.1. The van der Waals surface area contributed by atoms with Crippen LogP contribution < -0.4 is 10.6 Å². The Morgan fingerprint density at radius 2 is 1.14 bits per heavy atom. The fourth-order valence-corrected chi connectivity index (χ4v) is 6.31. The number of aromatic amines is 2. The molecule has 1 fully saturated rings. The summed E-state index contributed by atoms with van der Waals surface area (Å²) in [5, 5.41) is 25.4. The highest BCUT2D eigenvalue weighted by Gasteiger charge is 2.27. The molecule has 10 nitrogen and oxygen atoms in total. The van der Waals surface area contributed by atoms with E-state index in [1.54, 1.807) is 0 Å². The van der Waals surface area contributed by atoms with Crippen LogP contribution in [0.2, 0.25) is 0 Å². The van der Waals surface area contributed by atoms with Gasteiger partial charge in [0.2, 0.25) is 11.8 Å². The van der Waals surface area contributed by atoms with Gasteiger partial charge >= 0.3 is 0 Å². The smallest absolute Gasteiger partial charge is 0.230 e. The molecule has 6 aromatic rings. The molecule has 1 saturated carbocycles. The molecule has 4 aromatic heterocycles. The summed E-state index contributed by atoms with van der Waals surface area (Å²) in [6.45, 7) is 0. The van der Waals surface area contributed by atoms with Crippen molar-refractivity contribution in [2.24, 2.45) is 0 Å². The van der Waals surface area contributed by atoms with E-state index in [0.717, 1.165) is 70.0 Å². The number of H-pyrrole nitrogens is 2. The van der Waals surface area contributed by atoms with E-state index in [1.165, 1.54) is 0 Å². The lowest BCUT2D eigenvalue weighted by atomic mass is 9.78. The molecule has 4 heterocycles. The number of hydrogen-bond acceptors (Lipinski definition) is 6. The summed E-state index contributed by atoms with van der Waals surface area (Å²) in [7, 11) is 0. The minimum atomic E-state index is -0.130. The van der Waals surface area contributed by atoms with E-state index in [4.69, 9.17) is 0 Å². The summed E-state index contributed by atoms with van der Waals surface area (Å²) in [4.78, 5) is 31.8. The quantitative estimate of drug-likeness (QED) is 0.172. The second-order valence-electron chi connectivity index (χ2n) is 11.4. The monoisotopic (exact) mass is 584 g/mol. The van der Waals surface area contributed by atoms with E-state index in [-0.39, 0.29) is 36.5 Å². The summed E-state index contributed by atoms with van der Waals surface area (Å²) in [5.41, 5.74) is 5.77. The Labute approximate surface area is 253 Å². The minimum Gasteiger partial charge on any atom is -0.361 e. The van der Waals surface area contributed by atoms with Gasteiger partial charge in [-0.1, -0.05) is 30.7 Å². The molecule has 0 saturated heterocycles. The van der Waals surface area contributed by atoms with Crippen LogP contribution in [-0.4, -0.2) is 42.2 Å². The highest BCUT2D eigenvalue weighted by Crippen LogP contribution is 2.40. The first kappa shape index (κ1) is 27.5. The normalized spacial score (nSPS) is 16.6. The predicted octanol–water partition coefficient (Wildman–Crippen LogP) is 6.03. The molecule has 0 spiro atoms. The highest BCUT2D eigenvalue weighted by molar-refractivity contribution is 5.96. The Morgan fingerprint density at radius 3 is 1.59 bits per heavy atom. The first-order chi connectivity index (χ1) is 21.6. The van der Waals surface area contributed by atoms with E-state index in [2.05, 4.69) is 41.0 Å². The van der Waals surface area contributed by atoms with Crippen molar-refractivity contribution < 1.29 is 9.59 Å². The van der Waals surface area contributed by atoms with Crippen molar-refractivity contribution in [3.8, 4) is 0 Å². The van der Waals surface area contributed by atoms with Gasteiger partial charge in [-0.2, -0.15) is 10.2 Å². The Morgan fingerprint density at radius 1 is 0.636 bits per heavy atom. The maximum atomic E-state index is 12.7. The molecule has 0 bridgehead atoms. The predicted molar refractivity (Wildman–Crippen MR) is 169 cm³/mol. The maximum Gasteiger partial charge on any atom is 0.230 e. The molecule has 0 radical (unpaired) electrons. The van der Waals surface area contributed by atoms with Gasteiger partial charge in [0.1, 0.15) is 0 Å². The molecule has 1 aliphatic carbocycles. The van der Waals surface area contributed by atoms with Crippen molar-refractivity contribution >= 4 is 45.3 Å². The number of anilines is 2. The number of hydrogen-bond donors (Lipinski definition) is 4. The van der Waals surface area contributed by atoms with Crippen LogP contribution >= 0.6 is 0 Å². The minimum absolute atomic E-state index is 0.130. The lowest BCUT2D eigenvalue weighted by Crippen LogP contribution is -2.18. The van der Waals surface area contributed by atoms with Crippen molar-refractivity contribution in [2.75, 3.05) is 10.6 Å². The average molecular weight is 585 g/mol. The van der Waals surface area contributed by atoms with Crippen molar-refractivity contribution in [3.63, 3.8) is 0 Å². The third-order valence-electron chi connectivity index (χ3n) is 8.49. The number of benzene rings is 2. The number of aromatic nitrogens is 6. The number of nitrogens with one attached hydrogen (secondary N) is 4. The highest BCUT2D eigenvalue weighted by atomic mass is 16.2. The number of carbonyl (C=O) groups is 2. The van der Waals surface area contributed by atoms with E-state index >= 15 is 0 Å². The molecular formula is C34H32N8O2. The van der Waals surface area contributed by atoms with Crippen LogP contribution in [0.5, 0.6) is 0 Å². The van der Waals surface area contributed by atoms with Gasteiger partial charge in [0, 0.05) is 46.0 Å². The molecule has 2 amide bonds. The van der Waals surface area contributed by atoms with Crippen LogP contribution in [0.4, 0.5) is 11.6 Å². The standard InChI is InChI=1S/C34H32N8O2/c43-33(19-21-4-2-8-29-25(21)14-16-35-29)37-31-12-10-27(39-41-31)23-6-1-7-24(18-23)28-11-13-32(42-40-28)38-34(44)20-22-5-3-9-30-26(22)15-17-36-30/h2-5,8-17,23-24,35-36H,1,6-7,18-20H2,(H,37,41,43)(H,38,42,44)/t23-,24-/m1/s1. The van der Waals surface area contributed by atoms with E-state index in [0.29, 0.717) is 11.6 Å². The lowest BCUT2D eigenvalue weighted by molar-refractivity contribution is -0.116. The van der Waals surface area contributed by atoms with Gasteiger partial charge in [-0.25, -0.2) is 0 Å². The van der Waals surface area contributed by atoms with Gasteiger partial charge in [0.05, 0.1) is 24.2 Å². The third kappa shape index (κ3) is 5.92. The number of rotatable bonds is 8. The largest absolute Gasteiger partial charge is 0.361 e. The summed E-state index contributed by atoms with van der Waals surface area (Å²) in [5.74, 6) is 1.12. The molecule has 7 rings (SSSR count). The topological polar surface area (TPSA) is 141 Å². The van der Waals surface area contributed by atoms with Crippen LogP contribution in [0, 0.1) is 0 Å². The fourth-order valence-electron chi connectivity index (χ4n) is 6.31. The molecule has 0 unspecified atom stereocenters. The summed E-state index contributed by atoms with van der Waals surface area (Å²) in [6, 6.07) is 23.3. The van der Waals surface area contributed by atoms with Gasteiger partial charge in [0.25, 0.3) is 0 Å². The Kier molecular flexibility index (Phi) is 7.54. The molecular weight excluding hydrogens is 552 g/mol. The average Bonchev–Trinajstić information content (AvgIpc) is 3.73. The van der Waals surface area contributed by atoms with E-state index < -0.39 is 0 Å². The van der Waals surface area contributed by atoms with Crippen molar-refractivity contribution in [3.05, 3.63) is 108 Å². The lowest BCUT2D eigenvalue weighted by Gasteiger charge is -2.28. The molecule has 44 heavy (non-hydrogen) atoms. The second kappa shape index (κ2) is 12.1. The van der Waals surface area contributed by atoms with Crippen LogP contribution in [0.1, 0.15) is 60.0 Å².